The predicted octanol–water partition coefficient (Wildman–Crippen LogP) is -3.81. The van der Waals surface area contributed by atoms with Crippen LogP contribution in [0, 0.1) is 0 Å². The third kappa shape index (κ3) is 8.45. The van der Waals surface area contributed by atoms with E-state index in [1.54, 1.807) is 0 Å². The van der Waals surface area contributed by atoms with Gasteiger partial charge in [-0.05, 0) is 30.3 Å². The summed E-state index contributed by atoms with van der Waals surface area (Å²) in [6.45, 7) is -2.67. The average Bonchev–Trinajstić information content (AvgIpc) is 3.54. The van der Waals surface area contributed by atoms with Crippen LogP contribution in [0.5, 0.6) is 17.2 Å². The van der Waals surface area contributed by atoms with Gasteiger partial charge in [-0.2, -0.15) is 0 Å². The summed E-state index contributed by atoms with van der Waals surface area (Å²) >= 11 is 0. The molecule has 68 heavy (non-hydrogen) atoms. The third-order valence-corrected chi connectivity index (χ3v) is 12.6. The summed E-state index contributed by atoms with van der Waals surface area (Å²) in [5.74, 6) is -3.58. The Morgan fingerprint density at radius 2 is 1.38 bits per heavy atom. The highest BCUT2D eigenvalue weighted by molar-refractivity contribution is 6.08. The normalized spacial score (nSPS) is 35.0. The van der Waals surface area contributed by atoms with E-state index in [1.165, 1.54) is 61.7 Å². The number of phenolic OH excluding ortho intramolecular Hbond substituents is 2. The molecule has 3 fully saturated rings. The molecule has 24 heteroatoms. The molecule has 1 amide bonds. The molecular weight excluding hydrogens is 910 g/mol. The minimum absolute atomic E-state index is 0.0434. The van der Waals surface area contributed by atoms with Crippen molar-refractivity contribution in [2.24, 2.45) is 0 Å². The molecule has 0 unspecified atom stereocenters. The van der Waals surface area contributed by atoms with Crippen LogP contribution in [0.15, 0.2) is 69.9 Å². The van der Waals surface area contributed by atoms with Crippen molar-refractivity contribution >= 4 is 28.5 Å². The number of amides is 1. The van der Waals surface area contributed by atoms with E-state index in [1.807, 2.05) is 0 Å². The number of aliphatic hydroxyl groups excluding tert-OH is 10. The number of hydrogen-bond acceptors (Lipinski definition) is 23. The molecule has 0 saturated carbocycles. The topological polar surface area (TPSA) is 386 Å². The molecule has 0 aliphatic carbocycles. The van der Waals surface area contributed by atoms with Gasteiger partial charge in [0, 0.05) is 23.3 Å². The Labute approximate surface area is 383 Å². The second-order valence-corrected chi connectivity index (χ2v) is 16.7. The summed E-state index contributed by atoms with van der Waals surface area (Å²) < 4.78 is 39.9. The van der Waals surface area contributed by atoms with Gasteiger partial charge >= 0.3 is 5.97 Å². The molecule has 4 aliphatic heterocycles. The molecule has 4 aliphatic rings. The van der Waals surface area contributed by atoms with Gasteiger partial charge in [0.25, 0.3) is 5.91 Å². The van der Waals surface area contributed by atoms with Gasteiger partial charge in [-0.25, -0.2) is 0 Å². The van der Waals surface area contributed by atoms with Crippen LogP contribution >= 0.6 is 0 Å². The van der Waals surface area contributed by atoms with Crippen molar-refractivity contribution in [2.75, 3.05) is 31.8 Å². The van der Waals surface area contributed by atoms with E-state index in [2.05, 4.69) is 0 Å². The van der Waals surface area contributed by atoms with Crippen molar-refractivity contribution in [3.05, 3.63) is 82.0 Å². The van der Waals surface area contributed by atoms with Crippen LogP contribution in [0.3, 0.4) is 0 Å². The van der Waals surface area contributed by atoms with Crippen LogP contribution in [-0.4, -0.2) is 191 Å². The van der Waals surface area contributed by atoms with Crippen molar-refractivity contribution in [1.29, 1.82) is 0 Å². The van der Waals surface area contributed by atoms with Crippen LogP contribution in [0.1, 0.15) is 23.7 Å². The minimum atomic E-state index is -2.70. The molecule has 5 heterocycles. The Morgan fingerprint density at radius 3 is 2.06 bits per heavy atom. The van der Waals surface area contributed by atoms with Crippen molar-refractivity contribution in [1.82, 2.24) is 0 Å². The van der Waals surface area contributed by atoms with E-state index in [-0.39, 0.29) is 39.7 Å². The Balaban J connectivity index is 1.03. The second kappa shape index (κ2) is 19.2. The summed E-state index contributed by atoms with van der Waals surface area (Å²) in [4.78, 5) is 41.8. The number of hydrogen-bond donors (Lipinski definition) is 13. The van der Waals surface area contributed by atoms with Gasteiger partial charge in [0.1, 0.15) is 120 Å². The first-order valence-electron chi connectivity index (χ1n) is 21.1. The fourth-order valence-corrected chi connectivity index (χ4v) is 8.91. The molecule has 0 radical (unpaired) electrons. The number of carbonyl (C=O) groups excluding carboxylic acids is 2. The average molecular weight is 960 g/mol. The van der Waals surface area contributed by atoms with Gasteiger partial charge < -0.3 is 99.2 Å². The Kier molecular flexibility index (Phi) is 13.8. The number of phenols is 2. The maximum absolute atomic E-state index is 14.0. The summed E-state index contributed by atoms with van der Waals surface area (Å²) in [6.07, 6.45) is -29.3. The van der Waals surface area contributed by atoms with Gasteiger partial charge in [0.2, 0.25) is 0 Å². The van der Waals surface area contributed by atoms with Crippen molar-refractivity contribution in [3.8, 4) is 28.6 Å². The standard InChI is InChI=1S/C44H49NO23/c1-62-22-11-23-28(20(49)10-21(64-23)16-6-8-17(48)9-7-16)33(54)29(22)39-40(36(57)31(52)24(13-46)65-39)68-42-38(59)35(56)32(53)26(67-42)15-63-27(50)12-44(61)18-4-2-3-5-19(18)45(43(44)60)41-37(58)34(55)30(51)25(14-47)66-41/h2-11,24-26,30-32,34-42,46-48,51-59,61H,12-15H2,1H3/t24-,25-,26-,30-,31-,32-,34+,35+,36+,37-,38-,39+,40-,41-,42+,44-/m1/s1. The highest BCUT2D eigenvalue weighted by atomic mass is 16.7. The minimum Gasteiger partial charge on any atom is -0.508 e. The summed E-state index contributed by atoms with van der Waals surface area (Å²) in [5.41, 5.74) is -3.89. The molecule has 16 atom stereocenters. The number of carbonyl (C=O) groups is 2. The largest absolute Gasteiger partial charge is 0.508 e. The van der Waals surface area contributed by atoms with Crippen molar-refractivity contribution in [3.63, 3.8) is 0 Å². The quantitative estimate of drug-likeness (QED) is 0.0606. The third-order valence-electron chi connectivity index (χ3n) is 12.6. The van der Waals surface area contributed by atoms with Crippen molar-refractivity contribution < 1.29 is 109 Å². The number of benzene rings is 3. The lowest BCUT2D eigenvalue weighted by Gasteiger charge is -2.46. The van der Waals surface area contributed by atoms with E-state index in [9.17, 15) is 80.8 Å². The number of para-hydroxylation sites is 1. The monoisotopic (exact) mass is 959 g/mol. The summed E-state index contributed by atoms with van der Waals surface area (Å²) in [7, 11) is 1.17. The predicted molar refractivity (Wildman–Crippen MR) is 223 cm³/mol. The molecule has 3 aromatic carbocycles. The zero-order valence-corrected chi connectivity index (χ0v) is 35.6. The number of esters is 1. The number of aromatic hydroxyl groups is 2. The van der Waals surface area contributed by atoms with E-state index >= 15 is 0 Å². The zero-order valence-electron chi connectivity index (χ0n) is 35.6. The Hall–Kier alpha value is -5.39. The van der Waals surface area contributed by atoms with Crippen LogP contribution in [0.25, 0.3) is 22.3 Å². The fraction of sp³-hybridized carbons (Fsp3) is 0.477. The molecule has 24 nitrogen and oxygen atoms in total. The van der Waals surface area contributed by atoms with Gasteiger partial charge in [-0.1, -0.05) is 18.2 Å². The molecule has 0 spiro atoms. The molecule has 13 N–H and O–H groups in total. The fourth-order valence-electron chi connectivity index (χ4n) is 8.91. The van der Waals surface area contributed by atoms with Crippen LogP contribution in [0.4, 0.5) is 5.69 Å². The van der Waals surface area contributed by atoms with Gasteiger partial charge in [-0.3, -0.25) is 19.3 Å². The number of ether oxygens (including phenoxy) is 6. The molecule has 0 bridgehead atoms. The molecule has 3 saturated heterocycles. The smallest absolute Gasteiger partial charge is 0.309 e. The van der Waals surface area contributed by atoms with Gasteiger partial charge in [0.05, 0.1) is 38.0 Å². The number of rotatable bonds is 12. The maximum atomic E-state index is 14.0. The lowest BCUT2D eigenvalue weighted by atomic mass is 9.89. The van der Waals surface area contributed by atoms with Gasteiger partial charge in [-0.15, -0.1) is 0 Å². The highest BCUT2D eigenvalue weighted by Crippen LogP contribution is 2.48. The van der Waals surface area contributed by atoms with Crippen LogP contribution in [-0.2, 0) is 38.9 Å². The lowest BCUT2D eigenvalue weighted by molar-refractivity contribution is -0.343. The van der Waals surface area contributed by atoms with E-state index in [0.717, 1.165) is 11.0 Å². The highest BCUT2D eigenvalue weighted by Gasteiger charge is 2.58. The first-order chi connectivity index (χ1) is 32.3. The Morgan fingerprint density at radius 1 is 0.750 bits per heavy atom. The van der Waals surface area contributed by atoms with Gasteiger partial charge in [0.15, 0.2) is 23.5 Å². The summed E-state index contributed by atoms with van der Waals surface area (Å²) in [6, 6.07) is 13.4. The maximum Gasteiger partial charge on any atom is 0.309 e. The molecular formula is C44H49NO23. The Bertz CT molecular complexity index is 2560. The molecule has 8 rings (SSSR count). The number of methoxy groups -OCH3 is 1. The first kappa shape index (κ1) is 49.0. The number of anilines is 1. The van der Waals surface area contributed by atoms with E-state index < -0.39 is 152 Å². The van der Waals surface area contributed by atoms with E-state index in [4.69, 9.17) is 32.8 Å². The molecule has 4 aromatic rings. The molecule has 1 aromatic heterocycles. The SMILES string of the molecule is COc1cc2oc(-c3ccc(O)cc3)cc(=O)c2c(O)c1[C@@H]1O[C@H](CO)[C@@H](O)[C@H](O)[C@H]1O[C@@H]1O[C@H](COC(=O)C[C@]2(O)C(=O)N([C@@H]3O[C@H](CO)[C@@H](O)[C@H](O)[C@H]3O)c3ccccc32)[C@@H](O)[C@H](O)[C@H]1O. The number of fused-ring (bicyclic) bond motifs is 2. The number of nitrogens with zero attached hydrogens (tertiary/aromatic N) is 1. The number of aliphatic hydroxyl groups is 11. The second-order valence-electron chi connectivity index (χ2n) is 16.7. The van der Waals surface area contributed by atoms with Crippen LogP contribution < -0.4 is 15.1 Å². The zero-order chi connectivity index (χ0) is 49.1. The molecule has 368 valence electrons. The first-order valence-corrected chi connectivity index (χ1v) is 21.1. The van der Waals surface area contributed by atoms with Crippen LogP contribution in [0.2, 0.25) is 0 Å². The lowest BCUT2D eigenvalue weighted by Crippen LogP contribution is -2.64. The van der Waals surface area contributed by atoms with E-state index in [0.29, 0.717) is 5.56 Å². The van der Waals surface area contributed by atoms with Crippen molar-refractivity contribution in [2.45, 2.75) is 104 Å². The summed E-state index contributed by atoms with van der Waals surface area (Å²) in [5, 5.41) is 140.